The van der Waals surface area contributed by atoms with Crippen LogP contribution in [0.15, 0.2) is 34.9 Å². The maximum absolute atomic E-state index is 12.8. The highest BCUT2D eigenvalue weighted by atomic mass is 16.5. The van der Waals surface area contributed by atoms with Crippen LogP contribution in [-0.4, -0.2) is 39.6 Å². The van der Waals surface area contributed by atoms with Gasteiger partial charge in [-0.1, -0.05) is 55.3 Å². The Morgan fingerprint density at radius 3 is 2.79 bits per heavy atom. The summed E-state index contributed by atoms with van der Waals surface area (Å²) >= 11 is 0. The molecule has 7 nitrogen and oxygen atoms in total. The molecule has 7 heteroatoms. The van der Waals surface area contributed by atoms with E-state index in [0.29, 0.717) is 24.7 Å². The summed E-state index contributed by atoms with van der Waals surface area (Å²) in [5.74, 6) is 1.05. The third-order valence-electron chi connectivity index (χ3n) is 5.80. The Labute approximate surface area is 164 Å². The minimum atomic E-state index is -0.265. The first-order valence-electron chi connectivity index (χ1n) is 10.2. The van der Waals surface area contributed by atoms with Gasteiger partial charge < -0.3 is 9.84 Å². The van der Waals surface area contributed by atoms with Crippen LogP contribution in [0.5, 0.6) is 0 Å². The quantitative estimate of drug-likeness (QED) is 0.769. The molecular weight excluding hydrogens is 356 g/mol. The maximum Gasteiger partial charge on any atom is 0.324 e. The number of aromatic nitrogens is 2. The Kier molecular flexibility index (Phi) is 5.41. The highest BCUT2D eigenvalue weighted by molar-refractivity contribution is 5.98. The van der Waals surface area contributed by atoms with Crippen molar-refractivity contribution in [2.24, 2.45) is 5.92 Å². The van der Waals surface area contributed by atoms with E-state index >= 15 is 0 Å². The molecule has 3 atom stereocenters. The highest BCUT2D eigenvalue weighted by Crippen LogP contribution is 2.38. The molecule has 1 aromatic carbocycles. The van der Waals surface area contributed by atoms with Crippen molar-refractivity contribution in [1.29, 1.82) is 0 Å². The first-order valence-corrected chi connectivity index (χ1v) is 10.2. The summed E-state index contributed by atoms with van der Waals surface area (Å²) in [6, 6.07) is 9.28. The molecule has 0 radical (unpaired) electrons. The Morgan fingerprint density at radius 2 is 2.00 bits per heavy atom. The molecule has 3 unspecified atom stereocenters. The predicted molar refractivity (Wildman–Crippen MR) is 103 cm³/mol. The van der Waals surface area contributed by atoms with Crippen molar-refractivity contribution in [2.75, 3.05) is 6.54 Å². The summed E-state index contributed by atoms with van der Waals surface area (Å²) in [4.78, 5) is 31.2. The molecule has 0 spiro atoms. The van der Waals surface area contributed by atoms with Crippen molar-refractivity contribution in [3.8, 4) is 11.4 Å². The Morgan fingerprint density at radius 1 is 1.18 bits per heavy atom. The van der Waals surface area contributed by atoms with Crippen LogP contribution >= 0.6 is 0 Å². The van der Waals surface area contributed by atoms with Gasteiger partial charge in [-0.15, -0.1) is 0 Å². The molecule has 2 aliphatic rings. The SMILES string of the molecule is CCCCCN1C(=O)NC2CC(c3nc(-c4ccccc4)no3)CCC2C1=O. The number of hydrogen-bond donors (Lipinski definition) is 1. The van der Waals surface area contributed by atoms with Gasteiger partial charge in [0.1, 0.15) is 0 Å². The summed E-state index contributed by atoms with van der Waals surface area (Å²) in [5, 5.41) is 7.14. The molecule has 2 heterocycles. The van der Waals surface area contributed by atoms with Gasteiger partial charge in [-0.25, -0.2) is 4.79 Å². The molecule has 148 valence electrons. The third kappa shape index (κ3) is 3.66. The number of nitrogens with one attached hydrogen (secondary N) is 1. The first-order chi connectivity index (χ1) is 13.7. The van der Waals surface area contributed by atoms with Crippen LogP contribution in [0, 0.1) is 5.92 Å². The molecular formula is C21H26N4O3. The number of hydrogen-bond acceptors (Lipinski definition) is 5. The molecule has 1 aromatic heterocycles. The average molecular weight is 382 g/mol. The Balaban J connectivity index is 1.43. The minimum Gasteiger partial charge on any atom is -0.339 e. The van der Waals surface area contributed by atoms with Crippen molar-refractivity contribution in [2.45, 2.75) is 57.4 Å². The van der Waals surface area contributed by atoms with Gasteiger partial charge in [-0.3, -0.25) is 9.69 Å². The zero-order valence-electron chi connectivity index (χ0n) is 16.1. The molecule has 28 heavy (non-hydrogen) atoms. The molecule has 1 N–H and O–H groups in total. The maximum atomic E-state index is 12.8. The van der Waals surface area contributed by atoms with Crippen LogP contribution < -0.4 is 5.32 Å². The van der Waals surface area contributed by atoms with Crippen molar-refractivity contribution in [3.05, 3.63) is 36.2 Å². The lowest BCUT2D eigenvalue weighted by Crippen LogP contribution is -2.61. The lowest BCUT2D eigenvalue weighted by molar-refractivity contribution is -0.136. The van der Waals surface area contributed by atoms with E-state index in [1.54, 1.807) is 0 Å². The Bertz CT molecular complexity index is 835. The summed E-state index contributed by atoms with van der Waals surface area (Å²) in [6.45, 7) is 2.62. The molecule has 1 aliphatic carbocycles. The number of amides is 3. The second kappa shape index (κ2) is 8.12. The molecule has 2 fully saturated rings. The minimum absolute atomic E-state index is 0.0289. The number of benzene rings is 1. The monoisotopic (exact) mass is 382 g/mol. The summed E-state index contributed by atoms with van der Waals surface area (Å²) < 4.78 is 5.51. The molecule has 1 saturated carbocycles. The van der Waals surface area contributed by atoms with Crippen LogP contribution in [-0.2, 0) is 4.79 Å². The van der Waals surface area contributed by atoms with Crippen LogP contribution in [0.4, 0.5) is 4.79 Å². The van der Waals surface area contributed by atoms with E-state index in [1.807, 2.05) is 30.3 Å². The fourth-order valence-corrected chi connectivity index (χ4v) is 4.22. The number of unbranched alkanes of at least 4 members (excludes halogenated alkanes) is 2. The van der Waals surface area contributed by atoms with Gasteiger partial charge in [0, 0.05) is 24.1 Å². The van der Waals surface area contributed by atoms with Crippen LogP contribution in [0.1, 0.15) is 57.3 Å². The molecule has 1 aliphatic heterocycles. The standard InChI is InChI=1S/C21H26N4O3/c1-2-3-7-12-25-20(26)16-11-10-15(13-17(16)22-21(25)27)19-23-18(24-28-19)14-8-5-4-6-9-14/h4-6,8-9,15-17H,2-3,7,10-13H2,1H3,(H,22,27). The molecule has 1 saturated heterocycles. The summed E-state index contributed by atoms with van der Waals surface area (Å²) in [5.41, 5.74) is 0.912. The predicted octanol–water partition coefficient (Wildman–Crippen LogP) is 3.73. The van der Waals surface area contributed by atoms with E-state index in [9.17, 15) is 9.59 Å². The number of carbonyl (C=O) groups excluding carboxylic acids is 2. The van der Waals surface area contributed by atoms with E-state index in [0.717, 1.165) is 37.7 Å². The lowest BCUT2D eigenvalue weighted by atomic mass is 9.76. The normalized spacial score (nSPS) is 24.8. The highest BCUT2D eigenvalue weighted by Gasteiger charge is 2.45. The van der Waals surface area contributed by atoms with Gasteiger partial charge in [-0.2, -0.15) is 4.98 Å². The zero-order chi connectivity index (χ0) is 19.5. The number of fused-ring (bicyclic) bond motifs is 1. The summed E-state index contributed by atoms with van der Waals surface area (Å²) in [7, 11) is 0. The van der Waals surface area contributed by atoms with E-state index in [-0.39, 0.29) is 29.8 Å². The molecule has 4 rings (SSSR count). The first kappa shape index (κ1) is 18.7. The average Bonchev–Trinajstić information content (AvgIpc) is 3.21. The number of urea groups is 1. The van der Waals surface area contributed by atoms with Gasteiger partial charge >= 0.3 is 6.03 Å². The molecule has 2 aromatic rings. The number of imide groups is 1. The van der Waals surface area contributed by atoms with Crippen LogP contribution in [0.2, 0.25) is 0 Å². The lowest BCUT2D eigenvalue weighted by Gasteiger charge is -2.41. The van der Waals surface area contributed by atoms with Gasteiger partial charge in [0.2, 0.25) is 17.6 Å². The smallest absolute Gasteiger partial charge is 0.324 e. The second-order valence-corrected chi connectivity index (χ2v) is 7.69. The van der Waals surface area contributed by atoms with E-state index < -0.39 is 0 Å². The summed E-state index contributed by atoms with van der Waals surface area (Å²) in [6.07, 6.45) is 5.13. The molecule has 3 amide bonds. The molecule has 0 bridgehead atoms. The largest absolute Gasteiger partial charge is 0.339 e. The van der Waals surface area contributed by atoms with E-state index in [4.69, 9.17) is 4.52 Å². The van der Waals surface area contributed by atoms with Gasteiger partial charge in [0.15, 0.2) is 0 Å². The van der Waals surface area contributed by atoms with E-state index in [1.165, 1.54) is 4.90 Å². The van der Waals surface area contributed by atoms with E-state index in [2.05, 4.69) is 22.4 Å². The third-order valence-corrected chi connectivity index (χ3v) is 5.80. The topological polar surface area (TPSA) is 88.3 Å². The van der Waals surface area contributed by atoms with Gasteiger partial charge in [-0.05, 0) is 25.7 Å². The van der Waals surface area contributed by atoms with Crippen molar-refractivity contribution >= 4 is 11.9 Å². The Hall–Kier alpha value is -2.70. The second-order valence-electron chi connectivity index (χ2n) is 7.69. The number of carbonyl (C=O) groups is 2. The van der Waals surface area contributed by atoms with Gasteiger partial charge in [0.05, 0.1) is 5.92 Å². The fraction of sp³-hybridized carbons (Fsp3) is 0.524. The van der Waals surface area contributed by atoms with Crippen molar-refractivity contribution < 1.29 is 14.1 Å². The van der Waals surface area contributed by atoms with Gasteiger partial charge in [0.25, 0.3) is 0 Å². The zero-order valence-corrected chi connectivity index (χ0v) is 16.1. The van der Waals surface area contributed by atoms with Crippen molar-refractivity contribution in [3.63, 3.8) is 0 Å². The fourth-order valence-electron chi connectivity index (χ4n) is 4.22. The number of nitrogens with zero attached hydrogens (tertiary/aromatic N) is 3. The van der Waals surface area contributed by atoms with Crippen molar-refractivity contribution in [1.82, 2.24) is 20.4 Å². The van der Waals surface area contributed by atoms with Crippen LogP contribution in [0.25, 0.3) is 11.4 Å². The number of rotatable bonds is 6. The van der Waals surface area contributed by atoms with Crippen LogP contribution in [0.3, 0.4) is 0 Å².